The molecule has 1 atom stereocenters. The molecular formula is C13H16BrNO5S. The second-order valence-corrected chi connectivity index (χ2v) is 7.66. The Morgan fingerprint density at radius 3 is 2.81 bits per heavy atom. The van der Waals surface area contributed by atoms with Gasteiger partial charge in [0.15, 0.2) is 0 Å². The Hall–Kier alpha value is -1.12. The van der Waals surface area contributed by atoms with Crippen LogP contribution in [0.15, 0.2) is 27.6 Å². The van der Waals surface area contributed by atoms with E-state index < -0.39 is 21.9 Å². The number of piperidine rings is 1. The van der Waals surface area contributed by atoms with Crippen LogP contribution in [0, 0.1) is 5.92 Å². The molecule has 0 aromatic heterocycles. The molecule has 1 heterocycles. The summed E-state index contributed by atoms with van der Waals surface area (Å²) < 4.78 is 32.4. The SMILES string of the molecule is COc1ccc(Br)cc1S(=O)(=O)N1CCCC(C(=O)O)C1. The second-order valence-electron chi connectivity index (χ2n) is 4.84. The van der Waals surface area contributed by atoms with Gasteiger partial charge in [-0.3, -0.25) is 4.79 Å². The molecule has 1 unspecified atom stereocenters. The molecule has 1 N–H and O–H groups in total. The van der Waals surface area contributed by atoms with Crippen LogP contribution in [-0.4, -0.2) is 44.0 Å². The van der Waals surface area contributed by atoms with E-state index in [1.165, 1.54) is 17.5 Å². The van der Waals surface area contributed by atoms with E-state index in [4.69, 9.17) is 9.84 Å². The molecule has 1 aromatic carbocycles. The molecule has 21 heavy (non-hydrogen) atoms. The number of hydrogen-bond donors (Lipinski definition) is 1. The highest BCUT2D eigenvalue weighted by Crippen LogP contribution is 2.31. The van der Waals surface area contributed by atoms with Crippen LogP contribution in [0.4, 0.5) is 0 Å². The molecule has 0 amide bonds. The molecule has 1 aromatic rings. The summed E-state index contributed by atoms with van der Waals surface area (Å²) >= 11 is 3.24. The zero-order chi connectivity index (χ0) is 15.6. The predicted octanol–water partition coefficient (Wildman–Crippen LogP) is 1.94. The topological polar surface area (TPSA) is 83.9 Å². The number of aliphatic carboxylic acids is 1. The third kappa shape index (κ3) is 3.38. The van der Waals surface area contributed by atoms with Gasteiger partial charge in [0.1, 0.15) is 10.6 Å². The maximum absolute atomic E-state index is 12.7. The minimum atomic E-state index is -3.78. The van der Waals surface area contributed by atoms with Crippen molar-refractivity contribution in [2.75, 3.05) is 20.2 Å². The molecule has 8 heteroatoms. The van der Waals surface area contributed by atoms with Gasteiger partial charge in [-0.25, -0.2) is 8.42 Å². The average Bonchev–Trinajstić information content (AvgIpc) is 2.47. The van der Waals surface area contributed by atoms with E-state index in [-0.39, 0.29) is 17.2 Å². The van der Waals surface area contributed by atoms with Crippen molar-refractivity contribution in [3.8, 4) is 5.75 Å². The van der Waals surface area contributed by atoms with E-state index in [1.54, 1.807) is 12.1 Å². The van der Waals surface area contributed by atoms with Gasteiger partial charge in [0, 0.05) is 17.6 Å². The fourth-order valence-corrected chi connectivity index (χ4v) is 4.57. The van der Waals surface area contributed by atoms with Crippen LogP contribution in [0.25, 0.3) is 0 Å². The Morgan fingerprint density at radius 1 is 1.48 bits per heavy atom. The van der Waals surface area contributed by atoms with Crippen molar-refractivity contribution in [2.24, 2.45) is 5.92 Å². The second kappa shape index (κ2) is 6.33. The van der Waals surface area contributed by atoms with Gasteiger partial charge < -0.3 is 9.84 Å². The molecule has 1 fully saturated rings. The summed E-state index contributed by atoms with van der Waals surface area (Å²) in [7, 11) is -2.38. The highest BCUT2D eigenvalue weighted by Gasteiger charge is 2.34. The molecule has 0 radical (unpaired) electrons. The Labute approximate surface area is 131 Å². The quantitative estimate of drug-likeness (QED) is 0.866. The number of ether oxygens (including phenoxy) is 1. The molecule has 0 aliphatic carbocycles. The number of hydrogen-bond acceptors (Lipinski definition) is 4. The molecule has 1 aliphatic heterocycles. The molecule has 0 bridgehead atoms. The summed E-state index contributed by atoms with van der Waals surface area (Å²) in [6, 6.07) is 4.72. The van der Waals surface area contributed by atoms with Gasteiger partial charge in [0.2, 0.25) is 10.0 Å². The number of halogens is 1. The van der Waals surface area contributed by atoms with Crippen molar-refractivity contribution in [1.82, 2.24) is 4.31 Å². The predicted molar refractivity (Wildman–Crippen MR) is 79.8 cm³/mol. The van der Waals surface area contributed by atoms with Gasteiger partial charge in [-0.1, -0.05) is 15.9 Å². The molecule has 6 nitrogen and oxygen atoms in total. The third-order valence-electron chi connectivity index (χ3n) is 3.48. The lowest BCUT2D eigenvalue weighted by molar-refractivity contribution is -0.142. The summed E-state index contributed by atoms with van der Waals surface area (Å²) in [6.45, 7) is 0.315. The van der Waals surface area contributed by atoms with Crippen molar-refractivity contribution in [1.29, 1.82) is 0 Å². The Bertz CT molecular complexity index is 646. The van der Waals surface area contributed by atoms with Crippen LogP contribution in [0.1, 0.15) is 12.8 Å². The van der Waals surface area contributed by atoms with Crippen molar-refractivity contribution in [3.05, 3.63) is 22.7 Å². The fraction of sp³-hybridized carbons (Fsp3) is 0.462. The first-order valence-electron chi connectivity index (χ1n) is 6.42. The van der Waals surface area contributed by atoms with E-state index >= 15 is 0 Å². The minimum Gasteiger partial charge on any atom is -0.495 e. The summed E-state index contributed by atoms with van der Waals surface area (Å²) in [6.07, 6.45) is 1.03. The smallest absolute Gasteiger partial charge is 0.307 e. The molecule has 0 spiro atoms. The van der Waals surface area contributed by atoms with Crippen LogP contribution in [0.2, 0.25) is 0 Å². The van der Waals surface area contributed by atoms with Gasteiger partial charge in [0.25, 0.3) is 0 Å². The van der Waals surface area contributed by atoms with Gasteiger partial charge in [-0.05, 0) is 31.0 Å². The summed E-state index contributed by atoms with van der Waals surface area (Å²) in [5.74, 6) is -1.38. The Kier molecular flexibility index (Phi) is 4.90. The van der Waals surface area contributed by atoms with E-state index in [1.807, 2.05) is 0 Å². The Balaban J connectivity index is 2.38. The van der Waals surface area contributed by atoms with E-state index in [9.17, 15) is 13.2 Å². The summed E-state index contributed by atoms with van der Waals surface area (Å²) in [5, 5.41) is 9.08. The van der Waals surface area contributed by atoms with Crippen molar-refractivity contribution >= 4 is 31.9 Å². The van der Waals surface area contributed by atoms with Gasteiger partial charge in [0.05, 0.1) is 13.0 Å². The van der Waals surface area contributed by atoms with Gasteiger partial charge in [-0.2, -0.15) is 4.31 Å². The van der Waals surface area contributed by atoms with E-state index in [0.717, 1.165) is 0 Å². The van der Waals surface area contributed by atoms with Crippen LogP contribution in [0.3, 0.4) is 0 Å². The zero-order valence-corrected chi connectivity index (χ0v) is 13.9. The third-order valence-corrected chi connectivity index (χ3v) is 5.86. The molecule has 116 valence electrons. The number of carboxylic acid groups (broad SMARTS) is 1. The molecule has 0 saturated carbocycles. The largest absolute Gasteiger partial charge is 0.495 e. The lowest BCUT2D eigenvalue weighted by Gasteiger charge is -2.30. The van der Waals surface area contributed by atoms with Crippen molar-refractivity contribution in [2.45, 2.75) is 17.7 Å². The standard InChI is InChI=1S/C13H16BrNO5S/c1-20-11-5-4-10(14)7-12(11)21(18,19)15-6-2-3-9(8-15)13(16)17/h4-5,7,9H,2-3,6,8H2,1H3,(H,16,17). The molecule has 1 aliphatic rings. The number of benzene rings is 1. The van der Waals surface area contributed by atoms with E-state index in [0.29, 0.717) is 23.9 Å². The number of methoxy groups -OCH3 is 1. The minimum absolute atomic E-state index is 0.00661. The Morgan fingerprint density at radius 2 is 2.19 bits per heavy atom. The van der Waals surface area contributed by atoms with Crippen molar-refractivity contribution < 1.29 is 23.1 Å². The van der Waals surface area contributed by atoms with Crippen LogP contribution in [-0.2, 0) is 14.8 Å². The highest BCUT2D eigenvalue weighted by molar-refractivity contribution is 9.10. The maximum Gasteiger partial charge on any atom is 0.307 e. The summed E-state index contributed by atoms with van der Waals surface area (Å²) in [4.78, 5) is 11.1. The highest BCUT2D eigenvalue weighted by atomic mass is 79.9. The van der Waals surface area contributed by atoms with Crippen molar-refractivity contribution in [3.63, 3.8) is 0 Å². The number of nitrogens with zero attached hydrogens (tertiary/aromatic N) is 1. The molecular weight excluding hydrogens is 362 g/mol. The van der Waals surface area contributed by atoms with Crippen LogP contribution >= 0.6 is 15.9 Å². The first-order valence-corrected chi connectivity index (χ1v) is 8.66. The zero-order valence-electron chi connectivity index (χ0n) is 11.5. The number of carboxylic acids is 1. The van der Waals surface area contributed by atoms with Crippen LogP contribution in [0.5, 0.6) is 5.75 Å². The number of rotatable bonds is 4. The molecule has 1 saturated heterocycles. The van der Waals surface area contributed by atoms with Gasteiger partial charge >= 0.3 is 5.97 Å². The van der Waals surface area contributed by atoms with Crippen LogP contribution < -0.4 is 4.74 Å². The maximum atomic E-state index is 12.7. The lowest BCUT2D eigenvalue weighted by atomic mass is 10.0. The lowest BCUT2D eigenvalue weighted by Crippen LogP contribution is -2.42. The molecule has 2 rings (SSSR count). The fourth-order valence-electron chi connectivity index (χ4n) is 2.35. The average molecular weight is 378 g/mol. The van der Waals surface area contributed by atoms with Gasteiger partial charge in [-0.15, -0.1) is 0 Å². The number of sulfonamides is 1. The first-order chi connectivity index (χ1) is 9.86. The summed E-state index contributed by atoms with van der Waals surface area (Å²) in [5.41, 5.74) is 0. The van der Waals surface area contributed by atoms with E-state index in [2.05, 4.69) is 15.9 Å². The number of carbonyl (C=O) groups is 1. The normalized spacial score (nSPS) is 20.2. The first kappa shape index (κ1) is 16.3. The monoisotopic (exact) mass is 377 g/mol.